The Bertz CT molecular complexity index is 756. The number of ether oxygens (including phenoxy) is 1. The van der Waals surface area contributed by atoms with Gasteiger partial charge in [-0.25, -0.2) is 0 Å². The van der Waals surface area contributed by atoms with Crippen LogP contribution < -0.4 is 10.6 Å². The molecule has 0 amide bonds. The molecule has 0 atom stereocenters. The zero-order chi connectivity index (χ0) is 13.0. The Morgan fingerprint density at radius 3 is 2.72 bits per heavy atom. The Morgan fingerprint density at radius 2 is 2.06 bits per heavy atom. The van der Waals surface area contributed by atoms with E-state index < -0.39 is 0 Å². The normalized spacial score (nSPS) is 10.9. The number of nitrogens with zero attached hydrogens (tertiary/aromatic N) is 2. The van der Waals surface area contributed by atoms with Gasteiger partial charge in [0.05, 0.1) is 18.2 Å². The van der Waals surface area contributed by atoms with Gasteiger partial charge in [0.25, 0.3) is 0 Å². The van der Waals surface area contributed by atoms with Gasteiger partial charge in [0, 0.05) is 16.1 Å². The van der Waals surface area contributed by atoms with Crippen LogP contribution in [-0.2, 0) is 4.74 Å². The summed E-state index contributed by atoms with van der Waals surface area (Å²) >= 11 is 0. The van der Waals surface area contributed by atoms with Crippen LogP contribution in [0.1, 0.15) is 6.92 Å². The minimum atomic E-state index is 0.0529. The van der Waals surface area contributed by atoms with Gasteiger partial charge in [0.1, 0.15) is 12.1 Å². The Morgan fingerprint density at radius 1 is 1.33 bits per heavy atom. The molecule has 18 heavy (non-hydrogen) atoms. The highest BCUT2D eigenvalue weighted by Gasteiger charge is 2.04. The fraction of sp³-hybridized carbons (Fsp3) is 0.143. The predicted molar refractivity (Wildman–Crippen MR) is 68.3 cm³/mol. The summed E-state index contributed by atoms with van der Waals surface area (Å²) in [4.78, 5) is 3.08. The number of para-hydroxylation sites is 1. The van der Waals surface area contributed by atoms with Crippen molar-refractivity contribution in [1.82, 2.24) is 4.98 Å². The maximum absolute atomic E-state index is 8.97. The van der Waals surface area contributed by atoms with Crippen molar-refractivity contribution in [2.75, 3.05) is 6.61 Å². The number of rotatable bonds is 2. The monoisotopic (exact) mass is 237 g/mol. The van der Waals surface area contributed by atoms with Gasteiger partial charge < -0.3 is 9.72 Å². The molecule has 0 saturated carbocycles. The maximum Gasteiger partial charge on any atom is 0.153 e. The smallest absolute Gasteiger partial charge is 0.153 e. The Labute approximate surface area is 104 Å². The van der Waals surface area contributed by atoms with Crippen molar-refractivity contribution in [3.63, 3.8) is 0 Å². The third kappa shape index (κ3) is 1.92. The lowest BCUT2D eigenvalue weighted by molar-refractivity contribution is 0.316. The Balaban J connectivity index is 2.96. The van der Waals surface area contributed by atoms with Crippen molar-refractivity contribution in [2.45, 2.75) is 6.92 Å². The lowest BCUT2D eigenvalue weighted by Gasteiger charge is -1.91. The van der Waals surface area contributed by atoms with E-state index in [-0.39, 0.29) is 5.57 Å². The molecular weight excluding hydrogens is 226 g/mol. The molecule has 0 saturated heterocycles. The zero-order valence-electron chi connectivity index (χ0n) is 9.90. The van der Waals surface area contributed by atoms with Gasteiger partial charge in [0.2, 0.25) is 0 Å². The maximum atomic E-state index is 8.97. The SMILES string of the molecule is CCO/C=c1/c(=C(C#N)C#N)[nH]c2ccccc12. The molecule has 0 bridgehead atoms. The summed E-state index contributed by atoms with van der Waals surface area (Å²) in [5, 5.41) is 20.1. The summed E-state index contributed by atoms with van der Waals surface area (Å²) in [6.45, 7) is 2.41. The second kappa shape index (κ2) is 5.07. The third-order valence-electron chi connectivity index (χ3n) is 2.59. The number of hydrogen-bond donors (Lipinski definition) is 1. The minimum Gasteiger partial charge on any atom is -0.501 e. The largest absolute Gasteiger partial charge is 0.501 e. The van der Waals surface area contributed by atoms with E-state index in [1.54, 1.807) is 6.26 Å². The van der Waals surface area contributed by atoms with E-state index in [4.69, 9.17) is 15.3 Å². The lowest BCUT2D eigenvalue weighted by atomic mass is 10.2. The van der Waals surface area contributed by atoms with Gasteiger partial charge >= 0.3 is 0 Å². The fourth-order valence-electron chi connectivity index (χ4n) is 1.79. The van der Waals surface area contributed by atoms with E-state index in [9.17, 15) is 0 Å². The molecule has 1 aromatic carbocycles. The number of H-pyrrole nitrogens is 1. The minimum absolute atomic E-state index is 0.0529. The van der Waals surface area contributed by atoms with E-state index >= 15 is 0 Å². The first-order chi connectivity index (χ1) is 8.81. The number of nitrogens with one attached hydrogen (secondary N) is 1. The van der Waals surface area contributed by atoms with E-state index in [1.165, 1.54) is 0 Å². The lowest BCUT2D eigenvalue weighted by Crippen LogP contribution is -2.25. The number of benzene rings is 1. The van der Waals surface area contributed by atoms with Crippen LogP contribution in [0.3, 0.4) is 0 Å². The molecule has 1 aromatic heterocycles. The summed E-state index contributed by atoms with van der Waals surface area (Å²) in [6, 6.07) is 11.4. The molecule has 2 aromatic rings. The van der Waals surface area contributed by atoms with Gasteiger partial charge in [0.15, 0.2) is 5.57 Å². The first kappa shape index (κ1) is 11.8. The summed E-state index contributed by atoms with van der Waals surface area (Å²) in [5.41, 5.74) is 0.929. The molecule has 1 heterocycles. The summed E-state index contributed by atoms with van der Waals surface area (Å²) in [5.74, 6) is 0. The first-order valence-corrected chi connectivity index (χ1v) is 5.54. The Hall–Kier alpha value is -2.72. The number of aromatic nitrogens is 1. The van der Waals surface area contributed by atoms with Crippen molar-refractivity contribution in [3.05, 3.63) is 34.8 Å². The van der Waals surface area contributed by atoms with Crippen LogP contribution in [0, 0.1) is 22.7 Å². The fourth-order valence-corrected chi connectivity index (χ4v) is 1.79. The number of aromatic amines is 1. The van der Waals surface area contributed by atoms with Crippen LogP contribution >= 0.6 is 0 Å². The van der Waals surface area contributed by atoms with Crippen LogP contribution in [0.5, 0.6) is 0 Å². The molecule has 4 heteroatoms. The van der Waals surface area contributed by atoms with Crippen molar-refractivity contribution >= 4 is 22.7 Å². The second-order valence-electron chi connectivity index (χ2n) is 3.63. The number of hydrogen-bond acceptors (Lipinski definition) is 3. The average molecular weight is 237 g/mol. The topological polar surface area (TPSA) is 72.6 Å². The van der Waals surface area contributed by atoms with Gasteiger partial charge in [-0.05, 0) is 13.0 Å². The molecule has 0 aliphatic rings. The molecule has 0 fully saturated rings. The summed E-state index contributed by atoms with van der Waals surface area (Å²) < 4.78 is 5.29. The highest BCUT2D eigenvalue weighted by Crippen LogP contribution is 2.04. The highest BCUT2D eigenvalue weighted by molar-refractivity contribution is 5.83. The average Bonchev–Trinajstić information content (AvgIpc) is 2.76. The van der Waals surface area contributed by atoms with Gasteiger partial charge in [-0.15, -0.1) is 0 Å². The third-order valence-corrected chi connectivity index (χ3v) is 2.59. The van der Waals surface area contributed by atoms with Crippen LogP contribution in [0.4, 0.5) is 0 Å². The van der Waals surface area contributed by atoms with Crippen molar-refractivity contribution in [3.8, 4) is 12.1 Å². The molecule has 0 aliphatic heterocycles. The molecule has 0 unspecified atom stereocenters. The van der Waals surface area contributed by atoms with E-state index in [2.05, 4.69) is 4.98 Å². The van der Waals surface area contributed by atoms with E-state index in [1.807, 2.05) is 43.3 Å². The standard InChI is InChI=1S/C14H11N3O/c1-2-18-9-12-11-5-3-4-6-13(11)17-14(12)10(7-15)8-16/h3-6,9,17H,2H2,1H3/b12-9+. The molecule has 88 valence electrons. The molecule has 0 radical (unpaired) electrons. The Kier molecular flexibility index (Phi) is 3.31. The molecule has 1 N–H and O–H groups in total. The predicted octanol–water partition coefficient (Wildman–Crippen LogP) is 1.14. The van der Waals surface area contributed by atoms with Crippen LogP contribution in [0.25, 0.3) is 22.7 Å². The van der Waals surface area contributed by atoms with Crippen molar-refractivity contribution in [2.24, 2.45) is 0 Å². The molecule has 0 aliphatic carbocycles. The second-order valence-corrected chi connectivity index (χ2v) is 3.63. The first-order valence-electron chi connectivity index (χ1n) is 5.54. The van der Waals surface area contributed by atoms with Crippen LogP contribution in [0.2, 0.25) is 0 Å². The van der Waals surface area contributed by atoms with Crippen LogP contribution in [-0.4, -0.2) is 11.6 Å². The highest BCUT2D eigenvalue weighted by atomic mass is 16.5. The number of fused-ring (bicyclic) bond motifs is 1. The van der Waals surface area contributed by atoms with Crippen LogP contribution in [0.15, 0.2) is 24.3 Å². The van der Waals surface area contributed by atoms with Crippen molar-refractivity contribution < 1.29 is 4.74 Å². The van der Waals surface area contributed by atoms with Gasteiger partial charge in [-0.2, -0.15) is 10.5 Å². The van der Waals surface area contributed by atoms with E-state index in [0.29, 0.717) is 12.0 Å². The summed E-state index contributed by atoms with van der Waals surface area (Å²) in [7, 11) is 0. The van der Waals surface area contributed by atoms with Gasteiger partial charge in [-0.3, -0.25) is 0 Å². The quantitative estimate of drug-likeness (QED) is 0.851. The molecule has 0 spiro atoms. The number of nitriles is 2. The van der Waals surface area contributed by atoms with Crippen molar-refractivity contribution in [1.29, 1.82) is 10.5 Å². The molecule has 2 rings (SSSR count). The summed E-state index contributed by atoms with van der Waals surface area (Å²) in [6.07, 6.45) is 1.59. The molecule has 4 nitrogen and oxygen atoms in total. The van der Waals surface area contributed by atoms with E-state index in [0.717, 1.165) is 16.1 Å². The zero-order valence-corrected chi connectivity index (χ0v) is 9.90. The molecular formula is C14H11N3O. The van der Waals surface area contributed by atoms with Gasteiger partial charge in [-0.1, -0.05) is 18.2 Å².